The molecule has 2 heterocycles. The summed E-state index contributed by atoms with van der Waals surface area (Å²) in [5, 5.41) is 8.17. The lowest BCUT2D eigenvalue weighted by Crippen LogP contribution is -2.19. The first-order valence-corrected chi connectivity index (χ1v) is 8.30. The standard InChI is InChI=1S/C11H12N4OS3/c1-17-10-7(2-3-18-10)5-13-15-9(16)4-8-6-19-11(12)14-8/h2-3,5-6H,4H2,1H3,(H2,12,14)(H,15,16)/b13-5+. The number of hydrogen-bond acceptors (Lipinski definition) is 7. The number of carbonyl (C=O) groups excluding carboxylic acids is 1. The molecule has 3 N–H and O–H groups in total. The minimum atomic E-state index is -0.206. The molecule has 1 amide bonds. The van der Waals surface area contributed by atoms with E-state index in [0.29, 0.717) is 10.8 Å². The highest BCUT2D eigenvalue weighted by molar-refractivity contribution is 8.00. The van der Waals surface area contributed by atoms with E-state index in [1.807, 2.05) is 17.7 Å². The van der Waals surface area contributed by atoms with Crippen molar-refractivity contribution in [3.05, 3.63) is 28.1 Å². The molecule has 0 spiro atoms. The largest absolute Gasteiger partial charge is 0.375 e. The molecule has 0 unspecified atom stereocenters. The number of thiazole rings is 1. The molecule has 0 aliphatic rings. The van der Waals surface area contributed by atoms with Crippen molar-refractivity contribution in [3.63, 3.8) is 0 Å². The maximum Gasteiger partial charge on any atom is 0.246 e. The van der Waals surface area contributed by atoms with Crippen molar-refractivity contribution in [2.45, 2.75) is 10.6 Å². The van der Waals surface area contributed by atoms with E-state index < -0.39 is 0 Å². The molecular formula is C11H12N4OS3. The molecule has 0 bridgehead atoms. The fourth-order valence-electron chi connectivity index (χ4n) is 1.35. The Morgan fingerprint density at radius 1 is 1.63 bits per heavy atom. The summed E-state index contributed by atoms with van der Waals surface area (Å²) in [4.78, 5) is 15.6. The van der Waals surface area contributed by atoms with Gasteiger partial charge in [0.05, 0.1) is 22.5 Å². The minimum Gasteiger partial charge on any atom is -0.375 e. The molecule has 0 fully saturated rings. The lowest BCUT2D eigenvalue weighted by molar-refractivity contribution is -0.120. The monoisotopic (exact) mass is 312 g/mol. The van der Waals surface area contributed by atoms with Gasteiger partial charge in [0.25, 0.3) is 0 Å². The van der Waals surface area contributed by atoms with Crippen LogP contribution in [-0.2, 0) is 11.2 Å². The molecule has 0 saturated carbocycles. The summed E-state index contributed by atoms with van der Waals surface area (Å²) in [6.45, 7) is 0. The average Bonchev–Trinajstić information content (AvgIpc) is 2.98. The van der Waals surface area contributed by atoms with Gasteiger partial charge in [0, 0.05) is 10.9 Å². The Labute approximate surface area is 122 Å². The number of hydrogen-bond donors (Lipinski definition) is 2. The summed E-state index contributed by atoms with van der Waals surface area (Å²) in [6, 6.07) is 1.97. The highest BCUT2D eigenvalue weighted by Crippen LogP contribution is 2.25. The third-order valence-electron chi connectivity index (χ3n) is 2.15. The van der Waals surface area contributed by atoms with Crippen LogP contribution in [0.25, 0.3) is 0 Å². The number of aromatic nitrogens is 1. The lowest BCUT2D eigenvalue weighted by Gasteiger charge is -1.97. The average molecular weight is 312 g/mol. The van der Waals surface area contributed by atoms with Crippen molar-refractivity contribution in [1.82, 2.24) is 10.4 Å². The molecule has 2 rings (SSSR count). The zero-order valence-electron chi connectivity index (χ0n) is 10.1. The van der Waals surface area contributed by atoms with Gasteiger partial charge < -0.3 is 5.73 Å². The van der Waals surface area contributed by atoms with Crippen LogP contribution in [0.3, 0.4) is 0 Å². The highest BCUT2D eigenvalue weighted by atomic mass is 32.2. The number of rotatable bonds is 5. The van der Waals surface area contributed by atoms with E-state index in [1.54, 1.807) is 34.7 Å². The van der Waals surface area contributed by atoms with Gasteiger partial charge in [-0.2, -0.15) is 5.10 Å². The second kappa shape index (κ2) is 6.69. The molecule has 100 valence electrons. The van der Waals surface area contributed by atoms with Crippen LogP contribution in [0.15, 0.2) is 26.1 Å². The molecular weight excluding hydrogens is 300 g/mol. The van der Waals surface area contributed by atoms with E-state index in [0.717, 1.165) is 5.56 Å². The van der Waals surface area contributed by atoms with Crippen LogP contribution in [0.2, 0.25) is 0 Å². The molecule has 2 aromatic heterocycles. The third-order valence-corrected chi connectivity index (χ3v) is 4.99. The molecule has 5 nitrogen and oxygen atoms in total. The number of anilines is 1. The van der Waals surface area contributed by atoms with Gasteiger partial charge in [-0.05, 0) is 17.7 Å². The van der Waals surface area contributed by atoms with Gasteiger partial charge in [0.2, 0.25) is 5.91 Å². The Bertz CT molecular complexity index is 590. The van der Waals surface area contributed by atoms with E-state index in [-0.39, 0.29) is 12.3 Å². The van der Waals surface area contributed by atoms with Crippen molar-refractivity contribution < 1.29 is 4.79 Å². The second-order valence-corrected chi connectivity index (χ2v) is 6.40. The fourth-order valence-corrected chi connectivity index (χ4v) is 3.41. The minimum absolute atomic E-state index is 0.185. The number of carbonyl (C=O) groups is 1. The molecule has 0 radical (unpaired) electrons. The van der Waals surface area contributed by atoms with Gasteiger partial charge in [-0.25, -0.2) is 10.4 Å². The van der Waals surface area contributed by atoms with Gasteiger partial charge in [-0.1, -0.05) is 0 Å². The fraction of sp³-hybridized carbons (Fsp3) is 0.182. The van der Waals surface area contributed by atoms with Crippen LogP contribution in [0.5, 0.6) is 0 Å². The van der Waals surface area contributed by atoms with E-state index in [4.69, 9.17) is 5.73 Å². The maximum atomic E-state index is 11.6. The van der Waals surface area contributed by atoms with Crippen LogP contribution in [0, 0.1) is 0 Å². The molecule has 0 aliphatic carbocycles. The molecule has 8 heteroatoms. The number of hydrazone groups is 1. The second-order valence-electron chi connectivity index (χ2n) is 3.51. The number of amides is 1. The Balaban J connectivity index is 1.86. The zero-order valence-corrected chi connectivity index (χ0v) is 12.6. The van der Waals surface area contributed by atoms with Crippen molar-refractivity contribution in [2.75, 3.05) is 12.0 Å². The van der Waals surface area contributed by atoms with Crippen LogP contribution in [0.4, 0.5) is 5.13 Å². The van der Waals surface area contributed by atoms with Crippen LogP contribution >= 0.6 is 34.4 Å². The number of nitrogens with one attached hydrogen (secondary N) is 1. The number of nitrogens with two attached hydrogens (primary N) is 1. The Kier molecular flexibility index (Phi) is 4.94. The Morgan fingerprint density at radius 2 is 2.47 bits per heavy atom. The Morgan fingerprint density at radius 3 is 3.16 bits per heavy atom. The van der Waals surface area contributed by atoms with E-state index in [2.05, 4.69) is 15.5 Å². The van der Waals surface area contributed by atoms with Gasteiger partial charge in [-0.3, -0.25) is 4.79 Å². The predicted octanol–water partition coefficient (Wildman–Crippen LogP) is 2.20. The first-order valence-electron chi connectivity index (χ1n) is 5.32. The molecule has 0 atom stereocenters. The van der Waals surface area contributed by atoms with Crippen LogP contribution < -0.4 is 11.2 Å². The van der Waals surface area contributed by atoms with Gasteiger partial charge in [-0.15, -0.1) is 34.4 Å². The maximum absolute atomic E-state index is 11.6. The van der Waals surface area contributed by atoms with Gasteiger partial charge >= 0.3 is 0 Å². The quantitative estimate of drug-likeness (QED) is 0.504. The number of thioether (sulfide) groups is 1. The van der Waals surface area contributed by atoms with Gasteiger partial charge in [0.1, 0.15) is 0 Å². The summed E-state index contributed by atoms with van der Waals surface area (Å²) < 4.78 is 1.17. The van der Waals surface area contributed by atoms with E-state index >= 15 is 0 Å². The zero-order chi connectivity index (χ0) is 13.7. The van der Waals surface area contributed by atoms with E-state index in [1.165, 1.54) is 15.5 Å². The number of thiophene rings is 1. The molecule has 0 aromatic carbocycles. The molecule has 0 saturated heterocycles. The van der Waals surface area contributed by atoms with Crippen molar-refractivity contribution >= 4 is 51.7 Å². The number of nitrogen functional groups attached to an aromatic ring is 1. The normalized spacial score (nSPS) is 11.0. The predicted molar refractivity (Wildman–Crippen MR) is 82.1 cm³/mol. The number of nitrogens with zero attached hydrogens (tertiary/aromatic N) is 2. The molecule has 19 heavy (non-hydrogen) atoms. The van der Waals surface area contributed by atoms with Crippen molar-refractivity contribution in [2.24, 2.45) is 5.10 Å². The highest BCUT2D eigenvalue weighted by Gasteiger charge is 2.05. The topological polar surface area (TPSA) is 80.4 Å². The molecule has 0 aliphatic heterocycles. The summed E-state index contributed by atoms with van der Waals surface area (Å²) in [7, 11) is 0. The smallest absolute Gasteiger partial charge is 0.246 e. The first kappa shape index (κ1) is 14.0. The van der Waals surface area contributed by atoms with Crippen LogP contribution in [-0.4, -0.2) is 23.4 Å². The summed E-state index contributed by atoms with van der Waals surface area (Å²) in [5.74, 6) is -0.206. The van der Waals surface area contributed by atoms with E-state index in [9.17, 15) is 4.79 Å². The first-order chi connectivity index (χ1) is 9.19. The molecule has 2 aromatic rings. The third kappa shape index (κ3) is 4.05. The Hall–Kier alpha value is -1.38. The summed E-state index contributed by atoms with van der Waals surface area (Å²) in [6.07, 6.45) is 3.84. The van der Waals surface area contributed by atoms with Crippen molar-refractivity contribution in [1.29, 1.82) is 0 Å². The van der Waals surface area contributed by atoms with Gasteiger partial charge in [0.15, 0.2) is 5.13 Å². The van der Waals surface area contributed by atoms with Crippen LogP contribution in [0.1, 0.15) is 11.3 Å². The van der Waals surface area contributed by atoms with Crippen molar-refractivity contribution in [3.8, 4) is 0 Å². The summed E-state index contributed by atoms with van der Waals surface area (Å²) in [5.41, 5.74) is 9.65. The lowest BCUT2D eigenvalue weighted by atomic mass is 10.3. The SMILES string of the molecule is CSc1sccc1/C=N/NC(=O)Cc1csc(N)n1. The summed E-state index contributed by atoms with van der Waals surface area (Å²) >= 11 is 4.63.